The van der Waals surface area contributed by atoms with Crippen molar-refractivity contribution in [2.45, 2.75) is 6.18 Å². The van der Waals surface area contributed by atoms with E-state index >= 15 is 0 Å². The van der Waals surface area contributed by atoms with Crippen LogP contribution in [0.3, 0.4) is 0 Å². The van der Waals surface area contributed by atoms with E-state index < -0.39 is 16.7 Å². The molecule has 1 aliphatic rings. The minimum atomic E-state index is -4.53. The van der Waals surface area contributed by atoms with Crippen molar-refractivity contribution in [3.63, 3.8) is 0 Å². The molecule has 0 atom stereocenters. The molecular weight excluding hydrogens is 415 g/mol. The fraction of sp³-hybridized carbons (Fsp3) is 0.294. The SMILES string of the molecule is O=[N+]([O-])c1ccc(N2CCN(c3ccc(Cl)c(C(F)(F)F)c3)CC2)c2nonc12. The molecule has 0 radical (unpaired) electrons. The molecule has 29 heavy (non-hydrogen) atoms. The molecule has 0 spiro atoms. The Balaban J connectivity index is 1.55. The molecule has 1 aliphatic heterocycles. The minimum absolute atomic E-state index is 0.0578. The lowest BCUT2D eigenvalue weighted by Gasteiger charge is -2.37. The number of nitro groups is 1. The normalized spacial score (nSPS) is 15.2. The summed E-state index contributed by atoms with van der Waals surface area (Å²) in [4.78, 5) is 14.3. The maximum Gasteiger partial charge on any atom is 0.417 e. The first-order chi connectivity index (χ1) is 13.8. The van der Waals surface area contributed by atoms with Crippen LogP contribution in [0.4, 0.5) is 30.2 Å². The molecule has 3 aromatic rings. The van der Waals surface area contributed by atoms with Crippen LogP contribution in [0.2, 0.25) is 5.02 Å². The van der Waals surface area contributed by atoms with Gasteiger partial charge in [0, 0.05) is 37.9 Å². The van der Waals surface area contributed by atoms with Gasteiger partial charge in [-0.25, -0.2) is 4.63 Å². The first-order valence-electron chi connectivity index (χ1n) is 8.52. The van der Waals surface area contributed by atoms with Gasteiger partial charge in [0.05, 0.1) is 21.2 Å². The van der Waals surface area contributed by atoms with Crippen LogP contribution >= 0.6 is 11.6 Å². The summed E-state index contributed by atoms with van der Waals surface area (Å²) in [6.07, 6.45) is -4.53. The molecule has 2 heterocycles. The first kappa shape index (κ1) is 19.2. The third-order valence-electron chi connectivity index (χ3n) is 4.81. The van der Waals surface area contributed by atoms with Crippen LogP contribution in [0.25, 0.3) is 11.0 Å². The lowest BCUT2D eigenvalue weighted by Crippen LogP contribution is -2.46. The van der Waals surface area contributed by atoms with Gasteiger partial charge in [-0.2, -0.15) is 13.2 Å². The predicted octanol–water partition coefficient (Wildman–Crippen LogP) is 4.13. The van der Waals surface area contributed by atoms with Gasteiger partial charge in [0.15, 0.2) is 5.52 Å². The first-order valence-corrected chi connectivity index (χ1v) is 8.90. The van der Waals surface area contributed by atoms with Crippen molar-refractivity contribution < 1.29 is 22.7 Å². The van der Waals surface area contributed by atoms with Gasteiger partial charge in [-0.05, 0) is 34.6 Å². The lowest BCUT2D eigenvalue weighted by molar-refractivity contribution is -0.383. The molecule has 8 nitrogen and oxygen atoms in total. The fourth-order valence-electron chi connectivity index (χ4n) is 3.38. The summed E-state index contributed by atoms with van der Waals surface area (Å²) in [6, 6.07) is 6.75. The van der Waals surface area contributed by atoms with E-state index in [1.165, 1.54) is 12.1 Å². The van der Waals surface area contributed by atoms with Gasteiger partial charge in [0.2, 0.25) is 5.52 Å². The average molecular weight is 428 g/mol. The van der Waals surface area contributed by atoms with Crippen LogP contribution in [-0.4, -0.2) is 41.4 Å². The number of benzene rings is 2. The molecule has 152 valence electrons. The Labute approximate surface area is 166 Å². The molecule has 0 bridgehead atoms. The Kier molecular flexibility index (Phi) is 4.69. The molecule has 2 aromatic carbocycles. The van der Waals surface area contributed by atoms with Gasteiger partial charge < -0.3 is 9.80 Å². The van der Waals surface area contributed by atoms with Gasteiger partial charge in [0.1, 0.15) is 0 Å². The number of rotatable bonds is 3. The monoisotopic (exact) mass is 427 g/mol. The van der Waals surface area contributed by atoms with Gasteiger partial charge in [-0.15, -0.1) is 0 Å². The molecule has 12 heteroatoms. The molecule has 0 aliphatic carbocycles. The summed E-state index contributed by atoms with van der Waals surface area (Å²) in [6.45, 7) is 1.85. The largest absolute Gasteiger partial charge is 0.417 e. The molecule has 0 amide bonds. The molecule has 1 fully saturated rings. The molecular formula is C17H13ClF3N5O3. The Morgan fingerprint density at radius 3 is 2.34 bits per heavy atom. The van der Waals surface area contributed by atoms with Crippen LogP contribution in [0.15, 0.2) is 35.0 Å². The van der Waals surface area contributed by atoms with E-state index in [0.29, 0.717) is 37.6 Å². The van der Waals surface area contributed by atoms with Crippen LogP contribution in [0, 0.1) is 10.1 Å². The Hall–Kier alpha value is -3.08. The molecule has 1 saturated heterocycles. The van der Waals surface area contributed by atoms with Crippen LogP contribution in [0.1, 0.15) is 5.56 Å². The number of piperazine rings is 1. The summed E-state index contributed by atoms with van der Waals surface area (Å²) in [5, 5.41) is 18.2. The van der Waals surface area contributed by atoms with E-state index in [0.717, 1.165) is 6.07 Å². The van der Waals surface area contributed by atoms with Gasteiger partial charge >= 0.3 is 11.9 Å². The van der Waals surface area contributed by atoms with Crippen molar-refractivity contribution in [2.75, 3.05) is 36.0 Å². The number of fused-ring (bicyclic) bond motifs is 1. The zero-order chi connectivity index (χ0) is 20.8. The molecule has 0 N–H and O–H groups in total. The minimum Gasteiger partial charge on any atom is -0.368 e. The van der Waals surface area contributed by atoms with Crippen molar-refractivity contribution in [2.24, 2.45) is 0 Å². The third kappa shape index (κ3) is 3.53. The maximum atomic E-state index is 13.1. The summed E-state index contributed by atoms with van der Waals surface area (Å²) in [5.74, 6) is 0. The number of hydrogen-bond donors (Lipinski definition) is 0. The Bertz CT molecular complexity index is 1080. The third-order valence-corrected chi connectivity index (χ3v) is 5.14. The van der Waals surface area contributed by atoms with Gasteiger partial charge in [-0.1, -0.05) is 11.6 Å². The Morgan fingerprint density at radius 1 is 1.03 bits per heavy atom. The standard InChI is InChI=1S/C17H13ClF3N5O3/c18-12-2-1-10(9-11(12)17(19,20)21)24-5-7-25(8-6-24)13-3-4-14(26(27)28)16-15(13)22-29-23-16/h1-4,9H,5-8H2. The summed E-state index contributed by atoms with van der Waals surface area (Å²) in [5.41, 5.74) is 0.312. The van der Waals surface area contributed by atoms with Crippen molar-refractivity contribution in [3.05, 3.63) is 51.0 Å². The molecule has 0 saturated carbocycles. The summed E-state index contributed by atoms with van der Waals surface area (Å²) >= 11 is 5.69. The van der Waals surface area contributed by atoms with Crippen molar-refractivity contribution >= 4 is 39.7 Å². The second kappa shape index (κ2) is 7.07. The van der Waals surface area contributed by atoms with Crippen LogP contribution in [0.5, 0.6) is 0 Å². The van der Waals surface area contributed by atoms with Crippen molar-refractivity contribution in [3.8, 4) is 0 Å². The quantitative estimate of drug-likeness (QED) is 0.458. The number of nitrogens with zero attached hydrogens (tertiary/aromatic N) is 5. The highest BCUT2D eigenvalue weighted by Gasteiger charge is 2.34. The number of hydrogen-bond acceptors (Lipinski definition) is 7. The van der Waals surface area contributed by atoms with E-state index in [1.54, 1.807) is 12.1 Å². The number of alkyl halides is 3. The van der Waals surface area contributed by atoms with E-state index in [-0.39, 0.29) is 21.7 Å². The number of aromatic nitrogens is 2. The van der Waals surface area contributed by atoms with E-state index in [4.69, 9.17) is 11.6 Å². The second-order valence-electron chi connectivity index (χ2n) is 6.46. The summed E-state index contributed by atoms with van der Waals surface area (Å²) in [7, 11) is 0. The van der Waals surface area contributed by atoms with Crippen LogP contribution < -0.4 is 9.80 Å². The molecule has 4 rings (SSSR count). The van der Waals surface area contributed by atoms with Gasteiger partial charge in [-0.3, -0.25) is 10.1 Å². The number of nitro benzene ring substituents is 1. The topological polar surface area (TPSA) is 88.5 Å². The average Bonchev–Trinajstić information content (AvgIpc) is 3.16. The smallest absolute Gasteiger partial charge is 0.368 e. The molecule has 1 aromatic heterocycles. The van der Waals surface area contributed by atoms with E-state index in [2.05, 4.69) is 14.9 Å². The van der Waals surface area contributed by atoms with E-state index in [1.807, 2.05) is 9.80 Å². The zero-order valence-electron chi connectivity index (χ0n) is 14.7. The highest BCUT2D eigenvalue weighted by Crippen LogP contribution is 2.37. The second-order valence-corrected chi connectivity index (χ2v) is 6.87. The Morgan fingerprint density at radius 2 is 1.69 bits per heavy atom. The maximum absolute atomic E-state index is 13.1. The van der Waals surface area contributed by atoms with E-state index in [9.17, 15) is 23.3 Å². The van der Waals surface area contributed by atoms with Crippen molar-refractivity contribution in [1.29, 1.82) is 0 Å². The number of anilines is 2. The lowest BCUT2D eigenvalue weighted by atomic mass is 10.1. The van der Waals surface area contributed by atoms with Crippen molar-refractivity contribution in [1.82, 2.24) is 10.3 Å². The predicted molar refractivity (Wildman–Crippen MR) is 99.3 cm³/mol. The highest BCUT2D eigenvalue weighted by atomic mass is 35.5. The van der Waals surface area contributed by atoms with Crippen LogP contribution in [-0.2, 0) is 6.18 Å². The summed E-state index contributed by atoms with van der Waals surface area (Å²) < 4.78 is 44.0. The number of non-ortho nitro benzene ring substituents is 1. The number of halogens is 4. The molecule has 0 unspecified atom stereocenters. The fourth-order valence-corrected chi connectivity index (χ4v) is 3.60. The zero-order valence-corrected chi connectivity index (χ0v) is 15.4. The highest BCUT2D eigenvalue weighted by molar-refractivity contribution is 6.31. The van der Waals surface area contributed by atoms with Gasteiger partial charge in [0.25, 0.3) is 0 Å².